The first kappa shape index (κ1) is 17.7. The molecule has 0 aromatic heterocycles. The van der Waals surface area contributed by atoms with Gasteiger partial charge in [-0.2, -0.15) is 4.31 Å². The van der Waals surface area contributed by atoms with Crippen LogP contribution in [0.1, 0.15) is 10.4 Å². The molecular weight excluding hydrogens is 342 g/mol. The first-order valence-corrected chi connectivity index (χ1v) is 10.6. The smallest absolute Gasteiger partial charge is 0.253 e. The van der Waals surface area contributed by atoms with Gasteiger partial charge in [0.15, 0.2) is 0 Å². The molecule has 8 nitrogen and oxygen atoms in total. The van der Waals surface area contributed by atoms with Crippen LogP contribution in [0.5, 0.6) is 0 Å². The maximum atomic E-state index is 12.4. The fourth-order valence-corrected chi connectivity index (χ4v) is 3.69. The van der Waals surface area contributed by atoms with E-state index in [0.29, 0.717) is 24.3 Å². The molecule has 1 N–H and O–H groups in total. The standard InChI is InChI=1S/C13H19N3O5S2/c1-22(18,19)14-12-5-3-11(4-6-12)13(17)15-7-9-16(10-8-15)23(2,20)21/h3-6,14H,7-10H2,1-2H3. The third-order valence-electron chi connectivity index (χ3n) is 3.43. The van der Waals surface area contributed by atoms with Crippen LogP contribution in [0.3, 0.4) is 0 Å². The van der Waals surface area contributed by atoms with E-state index >= 15 is 0 Å². The van der Waals surface area contributed by atoms with Crippen LogP contribution >= 0.6 is 0 Å². The molecular formula is C13H19N3O5S2. The van der Waals surface area contributed by atoms with Crippen LogP contribution in [0.4, 0.5) is 5.69 Å². The number of piperazine rings is 1. The minimum atomic E-state index is -3.36. The van der Waals surface area contributed by atoms with E-state index in [1.165, 1.54) is 16.4 Å². The van der Waals surface area contributed by atoms with Crippen molar-refractivity contribution in [2.24, 2.45) is 0 Å². The molecule has 1 aliphatic rings. The van der Waals surface area contributed by atoms with Gasteiger partial charge in [0, 0.05) is 37.4 Å². The Bertz CT molecular complexity index is 779. The number of hydrogen-bond donors (Lipinski definition) is 1. The molecule has 1 saturated heterocycles. The maximum Gasteiger partial charge on any atom is 0.253 e. The quantitative estimate of drug-likeness (QED) is 0.798. The van der Waals surface area contributed by atoms with Crippen molar-refractivity contribution in [3.63, 3.8) is 0 Å². The molecule has 0 unspecified atom stereocenters. The summed E-state index contributed by atoms with van der Waals surface area (Å²) in [6.45, 7) is 1.21. The largest absolute Gasteiger partial charge is 0.336 e. The number of sulfonamides is 2. The number of amides is 1. The Balaban J connectivity index is 2.02. The lowest BCUT2D eigenvalue weighted by atomic mass is 10.1. The van der Waals surface area contributed by atoms with E-state index in [1.807, 2.05) is 0 Å². The van der Waals surface area contributed by atoms with Crippen molar-refractivity contribution in [1.82, 2.24) is 9.21 Å². The molecule has 1 aliphatic heterocycles. The summed E-state index contributed by atoms with van der Waals surface area (Å²) in [5.74, 6) is -0.205. The fraction of sp³-hybridized carbons (Fsp3) is 0.462. The molecule has 2 rings (SSSR count). The number of rotatable bonds is 4. The van der Waals surface area contributed by atoms with Gasteiger partial charge in [-0.15, -0.1) is 0 Å². The molecule has 1 fully saturated rings. The number of benzene rings is 1. The molecule has 0 spiro atoms. The van der Waals surface area contributed by atoms with Gasteiger partial charge in [0.05, 0.1) is 12.5 Å². The summed E-state index contributed by atoms with van der Waals surface area (Å²) in [6, 6.07) is 6.11. The topological polar surface area (TPSA) is 104 Å². The summed E-state index contributed by atoms with van der Waals surface area (Å²) in [4.78, 5) is 14.0. The molecule has 1 amide bonds. The predicted octanol–water partition coefficient (Wildman–Crippen LogP) is -0.224. The van der Waals surface area contributed by atoms with Crippen LogP contribution in [-0.2, 0) is 20.0 Å². The highest BCUT2D eigenvalue weighted by Gasteiger charge is 2.26. The van der Waals surface area contributed by atoms with Gasteiger partial charge in [-0.1, -0.05) is 0 Å². The number of anilines is 1. The summed E-state index contributed by atoms with van der Waals surface area (Å²) >= 11 is 0. The molecule has 0 aliphatic carbocycles. The summed E-state index contributed by atoms with van der Waals surface area (Å²) < 4.78 is 48.8. The van der Waals surface area contributed by atoms with E-state index in [9.17, 15) is 21.6 Å². The van der Waals surface area contributed by atoms with E-state index in [2.05, 4.69) is 4.72 Å². The van der Waals surface area contributed by atoms with Gasteiger partial charge in [-0.05, 0) is 24.3 Å². The van der Waals surface area contributed by atoms with E-state index in [1.54, 1.807) is 17.0 Å². The van der Waals surface area contributed by atoms with Crippen molar-refractivity contribution >= 4 is 31.6 Å². The Labute approximate surface area is 136 Å². The summed E-state index contributed by atoms with van der Waals surface area (Å²) in [5, 5.41) is 0. The number of nitrogens with one attached hydrogen (secondary N) is 1. The van der Waals surface area contributed by atoms with Crippen molar-refractivity contribution in [2.75, 3.05) is 43.4 Å². The molecule has 1 aromatic carbocycles. The summed E-state index contributed by atoms with van der Waals surface area (Å²) in [7, 11) is -6.59. The van der Waals surface area contributed by atoms with E-state index < -0.39 is 20.0 Å². The first-order chi connectivity index (χ1) is 10.6. The Hall–Kier alpha value is -1.65. The lowest BCUT2D eigenvalue weighted by Gasteiger charge is -2.33. The maximum absolute atomic E-state index is 12.4. The molecule has 128 valence electrons. The lowest BCUT2D eigenvalue weighted by molar-refractivity contribution is 0.0698. The molecule has 0 radical (unpaired) electrons. The Morgan fingerprint density at radius 3 is 1.91 bits per heavy atom. The summed E-state index contributed by atoms with van der Waals surface area (Å²) in [5.41, 5.74) is 0.808. The Morgan fingerprint density at radius 1 is 0.957 bits per heavy atom. The van der Waals surface area contributed by atoms with Crippen molar-refractivity contribution < 1.29 is 21.6 Å². The number of carbonyl (C=O) groups excluding carboxylic acids is 1. The third kappa shape index (κ3) is 4.91. The third-order valence-corrected chi connectivity index (χ3v) is 5.34. The van der Waals surface area contributed by atoms with E-state index in [-0.39, 0.29) is 19.0 Å². The molecule has 0 saturated carbocycles. The van der Waals surface area contributed by atoms with Gasteiger partial charge in [-0.3, -0.25) is 9.52 Å². The van der Waals surface area contributed by atoms with Crippen LogP contribution in [-0.4, -0.2) is 70.6 Å². The zero-order valence-electron chi connectivity index (χ0n) is 12.9. The van der Waals surface area contributed by atoms with Crippen LogP contribution in [0.2, 0.25) is 0 Å². The van der Waals surface area contributed by atoms with Crippen LogP contribution in [0.25, 0.3) is 0 Å². The second-order valence-electron chi connectivity index (χ2n) is 5.41. The monoisotopic (exact) mass is 361 g/mol. The van der Waals surface area contributed by atoms with Crippen molar-refractivity contribution in [1.29, 1.82) is 0 Å². The minimum absolute atomic E-state index is 0.205. The van der Waals surface area contributed by atoms with Gasteiger partial charge in [0.1, 0.15) is 0 Å². The van der Waals surface area contributed by atoms with Gasteiger partial charge in [-0.25, -0.2) is 16.8 Å². The number of carbonyl (C=O) groups is 1. The number of nitrogens with zero attached hydrogens (tertiary/aromatic N) is 2. The normalized spacial score (nSPS) is 17.0. The first-order valence-electron chi connectivity index (χ1n) is 6.88. The second kappa shape index (κ2) is 6.46. The molecule has 0 bridgehead atoms. The molecule has 1 aromatic rings. The summed E-state index contributed by atoms with van der Waals surface area (Å²) in [6.07, 6.45) is 2.20. The minimum Gasteiger partial charge on any atom is -0.336 e. The van der Waals surface area contributed by atoms with Crippen LogP contribution in [0.15, 0.2) is 24.3 Å². The van der Waals surface area contributed by atoms with E-state index in [4.69, 9.17) is 0 Å². The molecule has 10 heteroatoms. The van der Waals surface area contributed by atoms with Gasteiger partial charge in [0.2, 0.25) is 20.0 Å². The lowest BCUT2D eigenvalue weighted by Crippen LogP contribution is -2.50. The zero-order chi connectivity index (χ0) is 17.3. The molecule has 1 heterocycles. The van der Waals surface area contributed by atoms with Crippen molar-refractivity contribution in [2.45, 2.75) is 0 Å². The number of hydrogen-bond acceptors (Lipinski definition) is 5. The highest BCUT2D eigenvalue weighted by molar-refractivity contribution is 7.92. The zero-order valence-corrected chi connectivity index (χ0v) is 14.5. The van der Waals surface area contributed by atoms with Crippen LogP contribution in [0, 0.1) is 0 Å². The highest BCUT2D eigenvalue weighted by atomic mass is 32.2. The average Bonchev–Trinajstić information content (AvgIpc) is 2.45. The van der Waals surface area contributed by atoms with Gasteiger partial charge >= 0.3 is 0 Å². The van der Waals surface area contributed by atoms with E-state index in [0.717, 1.165) is 12.5 Å². The Kier molecular flexibility index (Phi) is 4.97. The Morgan fingerprint density at radius 2 is 1.48 bits per heavy atom. The molecule has 23 heavy (non-hydrogen) atoms. The SMILES string of the molecule is CS(=O)(=O)Nc1ccc(C(=O)N2CCN(S(C)(=O)=O)CC2)cc1. The van der Waals surface area contributed by atoms with Crippen molar-refractivity contribution in [3.8, 4) is 0 Å². The van der Waals surface area contributed by atoms with Crippen LogP contribution < -0.4 is 4.72 Å². The van der Waals surface area contributed by atoms with Gasteiger partial charge < -0.3 is 4.90 Å². The average molecular weight is 361 g/mol. The van der Waals surface area contributed by atoms with Gasteiger partial charge in [0.25, 0.3) is 5.91 Å². The molecule has 0 atom stereocenters. The predicted molar refractivity (Wildman–Crippen MR) is 87.2 cm³/mol. The second-order valence-corrected chi connectivity index (χ2v) is 9.14. The fourth-order valence-electron chi connectivity index (χ4n) is 2.30. The van der Waals surface area contributed by atoms with Crippen molar-refractivity contribution in [3.05, 3.63) is 29.8 Å². The highest BCUT2D eigenvalue weighted by Crippen LogP contribution is 2.14.